The fraction of sp³-hybridized carbons (Fsp3) is 0.222. The predicted molar refractivity (Wildman–Crippen MR) is 138 cm³/mol. The Labute approximate surface area is 207 Å². The van der Waals surface area contributed by atoms with Crippen molar-refractivity contribution in [3.63, 3.8) is 0 Å². The van der Waals surface area contributed by atoms with Crippen molar-refractivity contribution in [1.29, 1.82) is 0 Å². The van der Waals surface area contributed by atoms with Gasteiger partial charge in [0.25, 0.3) is 5.56 Å². The Bertz CT molecular complexity index is 1430. The summed E-state index contributed by atoms with van der Waals surface area (Å²) in [5.74, 6) is 1.17. The standard InChI is InChI=1S/C27H25N3O4S/c1-2-18-8-11-20(12-9-18)30-26(32)21-6-3-4-7-22(21)29-27(30)35-17-25(31)28-19-10-13-23-24(16-19)34-15-5-14-33-23/h3-4,6-13,16H,2,5,14-15,17H2,1H3,(H,28,31). The first-order chi connectivity index (χ1) is 17.1. The van der Waals surface area contributed by atoms with Crippen molar-refractivity contribution in [2.24, 2.45) is 0 Å². The number of nitrogens with one attached hydrogen (secondary N) is 1. The number of amides is 1. The molecular formula is C27H25N3O4S. The number of fused-ring (bicyclic) bond motifs is 2. The molecule has 2 heterocycles. The number of benzene rings is 3. The van der Waals surface area contributed by atoms with E-state index in [0.717, 1.165) is 18.5 Å². The summed E-state index contributed by atoms with van der Waals surface area (Å²) >= 11 is 1.22. The molecule has 4 aromatic rings. The van der Waals surface area contributed by atoms with Crippen LogP contribution in [-0.2, 0) is 11.2 Å². The predicted octanol–water partition coefficient (Wildman–Crippen LogP) is 4.84. The number of hydrogen-bond donors (Lipinski definition) is 1. The van der Waals surface area contributed by atoms with Gasteiger partial charge in [-0.2, -0.15) is 0 Å². The van der Waals surface area contributed by atoms with E-state index in [1.54, 1.807) is 28.8 Å². The fourth-order valence-corrected chi connectivity index (χ4v) is 4.70. The maximum absolute atomic E-state index is 13.4. The molecular weight excluding hydrogens is 462 g/mol. The van der Waals surface area contributed by atoms with Crippen LogP contribution in [-0.4, -0.2) is 34.4 Å². The molecule has 1 aliphatic heterocycles. The minimum Gasteiger partial charge on any atom is -0.490 e. The lowest BCUT2D eigenvalue weighted by atomic mass is 10.1. The molecule has 35 heavy (non-hydrogen) atoms. The second-order valence-electron chi connectivity index (χ2n) is 8.12. The van der Waals surface area contributed by atoms with Gasteiger partial charge in [-0.05, 0) is 48.4 Å². The number of aryl methyl sites for hydroxylation is 1. The van der Waals surface area contributed by atoms with Crippen LogP contribution in [0.1, 0.15) is 18.9 Å². The first kappa shape index (κ1) is 23.0. The highest BCUT2D eigenvalue weighted by atomic mass is 32.2. The third kappa shape index (κ3) is 5.02. The molecule has 1 N–H and O–H groups in total. The third-order valence-corrected chi connectivity index (χ3v) is 6.65. The first-order valence-electron chi connectivity index (χ1n) is 11.6. The number of aromatic nitrogens is 2. The molecule has 0 saturated carbocycles. The van der Waals surface area contributed by atoms with Crippen LogP contribution in [0.25, 0.3) is 16.6 Å². The van der Waals surface area contributed by atoms with E-state index < -0.39 is 0 Å². The van der Waals surface area contributed by atoms with E-state index in [1.807, 2.05) is 42.5 Å². The third-order valence-electron chi connectivity index (χ3n) is 5.71. The zero-order chi connectivity index (χ0) is 24.2. The highest BCUT2D eigenvalue weighted by Crippen LogP contribution is 2.32. The number of carbonyl (C=O) groups is 1. The van der Waals surface area contributed by atoms with E-state index in [2.05, 4.69) is 12.2 Å². The summed E-state index contributed by atoms with van der Waals surface area (Å²) in [7, 11) is 0. The summed E-state index contributed by atoms with van der Waals surface area (Å²) in [5, 5.41) is 3.90. The van der Waals surface area contributed by atoms with E-state index in [0.29, 0.717) is 46.5 Å². The van der Waals surface area contributed by atoms with Crippen LogP contribution < -0.4 is 20.3 Å². The normalized spacial score (nSPS) is 12.8. The van der Waals surface area contributed by atoms with Gasteiger partial charge < -0.3 is 14.8 Å². The smallest absolute Gasteiger partial charge is 0.266 e. The monoisotopic (exact) mass is 487 g/mol. The number of anilines is 1. The van der Waals surface area contributed by atoms with Crippen molar-refractivity contribution in [3.05, 3.63) is 82.6 Å². The lowest BCUT2D eigenvalue weighted by molar-refractivity contribution is -0.113. The average molecular weight is 488 g/mol. The molecule has 0 spiro atoms. The lowest BCUT2D eigenvalue weighted by Gasteiger charge is -2.14. The minimum absolute atomic E-state index is 0.0895. The maximum Gasteiger partial charge on any atom is 0.266 e. The summed E-state index contributed by atoms with van der Waals surface area (Å²) in [5.41, 5.74) is 2.96. The molecule has 1 aliphatic rings. The van der Waals surface area contributed by atoms with Gasteiger partial charge in [0.15, 0.2) is 16.7 Å². The molecule has 0 atom stereocenters. The number of thioether (sulfide) groups is 1. The van der Waals surface area contributed by atoms with Gasteiger partial charge >= 0.3 is 0 Å². The van der Waals surface area contributed by atoms with Crippen molar-refractivity contribution < 1.29 is 14.3 Å². The summed E-state index contributed by atoms with van der Waals surface area (Å²) < 4.78 is 12.9. The number of para-hydroxylation sites is 1. The summed E-state index contributed by atoms with van der Waals surface area (Å²) in [6, 6.07) is 20.4. The quantitative estimate of drug-likeness (QED) is 0.310. The molecule has 8 heteroatoms. The van der Waals surface area contributed by atoms with Gasteiger partial charge in [-0.15, -0.1) is 0 Å². The van der Waals surface area contributed by atoms with E-state index >= 15 is 0 Å². The number of rotatable bonds is 6. The molecule has 1 amide bonds. The molecule has 1 aromatic heterocycles. The van der Waals surface area contributed by atoms with Gasteiger partial charge in [0.2, 0.25) is 5.91 Å². The minimum atomic E-state index is -0.209. The fourth-order valence-electron chi connectivity index (χ4n) is 3.89. The van der Waals surface area contributed by atoms with Gasteiger partial charge in [-0.25, -0.2) is 4.98 Å². The van der Waals surface area contributed by atoms with Crippen LogP contribution in [0.3, 0.4) is 0 Å². The largest absolute Gasteiger partial charge is 0.490 e. The van der Waals surface area contributed by atoms with E-state index in [9.17, 15) is 9.59 Å². The van der Waals surface area contributed by atoms with E-state index in [4.69, 9.17) is 14.5 Å². The number of carbonyl (C=O) groups excluding carboxylic acids is 1. The van der Waals surface area contributed by atoms with Gasteiger partial charge in [0, 0.05) is 18.2 Å². The van der Waals surface area contributed by atoms with Crippen LogP contribution in [0.2, 0.25) is 0 Å². The van der Waals surface area contributed by atoms with Crippen molar-refractivity contribution in [1.82, 2.24) is 9.55 Å². The number of hydrogen-bond acceptors (Lipinski definition) is 6. The second-order valence-corrected chi connectivity index (χ2v) is 9.06. The number of ether oxygens (including phenoxy) is 2. The lowest BCUT2D eigenvalue weighted by Crippen LogP contribution is -2.23. The zero-order valence-electron chi connectivity index (χ0n) is 19.3. The zero-order valence-corrected chi connectivity index (χ0v) is 20.1. The maximum atomic E-state index is 13.4. The van der Waals surface area contributed by atoms with Gasteiger partial charge in [0.1, 0.15) is 0 Å². The van der Waals surface area contributed by atoms with Gasteiger partial charge in [-0.1, -0.05) is 43.0 Å². The second kappa shape index (κ2) is 10.2. The van der Waals surface area contributed by atoms with Crippen molar-refractivity contribution >= 4 is 34.3 Å². The van der Waals surface area contributed by atoms with Gasteiger partial charge in [0.05, 0.1) is 35.6 Å². The van der Waals surface area contributed by atoms with Crippen molar-refractivity contribution in [3.8, 4) is 17.2 Å². The molecule has 3 aromatic carbocycles. The number of nitrogens with zero attached hydrogens (tertiary/aromatic N) is 2. The molecule has 7 nitrogen and oxygen atoms in total. The van der Waals surface area contributed by atoms with E-state index in [1.165, 1.54) is 17.3 Å². The SMILES string of the molecule is CCc1ccc(-n2c(SCC(=O)Nc3ccc4c(c3)OCCCO4)nc3ccccc3c2=O)cc1. The van der Waals surface area contributed by atoms with Crippen LogP contribution >= 0.6 is 11.8 Å². The van der Waals surface area contributed by atoms with Crippen molar-refractivity contribution in [2.45, 2.75) is 24.9 Å². The summed E-state index contributed by atoms with van der Waals surface area (Å²) in [4.78, 5) is 30.9. The highest BCUT2D eigenvalue weighted by molar-refractivity contribution is 7.99. The van der Waals surface area contributed by atoms with Crippen LogP contribution in [0, 0.1) is 0 Å². The van der Waals surface area contributed by atoms with Crippen molar-refractivity contribution in [2.75, 3.05) is 24.3 Å². The van der Waals surface area contributed by atoms with Crippen LogP contribution in [0.5, 0.6) is 11.5 Å². The molecule has 0 unspecified atom stereocenters. The average Bonchev–Trinajstić information content (AvgIpc) is 3.13. The topological polar surface area (TPSA) is 82.5 Å². The highest BCUT2D eigenvalue weighted by Gasteiger charge is 2.16. The Morgan fingerprint density at radius 1 is 1.03 bits per heavy atom. The molecule has 0 aliphatic carbocycles. The Morgan fingerprint density at radius 2 is 1.80 bits per heavy atom. The Balaban J connectivity index is 1.40. The molecule has 0 bridgehead atoms. The van der Waals surface area contributed by atoms with Crippen LogP contribution in [0.15, 0.2) is 76.7 Å². The molecule has 178 valence electrons. The summed E-state index contributed by atoms with van der Waals surface area (Å²) in [6.45, 7) is 3.27. The summed E-state index contributed by atoms with van der Waals surface area (Å²) in [6.07, 6.45) is 1.72. The Morgan fingerprint density at radius 3 is 2.60 bits per heavy atom. The van der Waals surface area contributed by atoms with E-state index in [-0.39, 0.29) is 17.2 Å². The molecule has 5 rings (SSSR count). The van der Waals surface area contributed by atoms with Gasteiger partial charge in [-0.3, -0.25) is 14.2 Å². The molecule has 0 saturated heterocycles. The van der Waals surface area contributed by atoms with Crippen LogP contribution in [0.4, 0.5) is 5.69 Å². The molecule has 0 fully saturated rings. The molecule has 0 radical (unpaired) electrons. The Kier molecular flexibility index (Phi) is 6.72. The Hall–Kier alpha value is -3.78. The first-order valence-corrected chi connectivity index (χ1v) is 12.5.